The van der Waals surface area contributed by atoms with E-state index >= 15 is 0 Å². The first-order valence-electron chi connectivity index (χ1n) is 9.05. The standard InChI is InChI=1S/C21H15FN6O2/c22-16-8-6-14(7-9-16)19-15(13-27(26-19)11-3-10-23)12-24-28-20(29)17-4-1-2-5-18(17)25-21(28)30/h1-2,4-9,12-13H,3,11H2,(H,25,30)/b24-12+. The maximum atomic E-state index is 13.3. The minimum atomic E-state index is -0.671. The van der Waals surface area contributed by atoms with Gasteiger partial charge < -0.3 is 4.98 Å². The Morgan fingerprint density at radius 1 is 1.17 bits per heavy atom. The predicted molar refractivity (Wildman–Crippen MR) is 110 cm³/mol. The molecule has 0 aliphatic heterocycles. The minimum absolute atomic E-state index is 0.255. The highest BCUT2D eigenvalue weighted by Gasteiger charge is 2.11. The molecule has 0 spiro atoms. The van der Waals surface area contributed by atoms with Crippen LogP contribution in [0.25, 0.3) is 22.2 Å². The van der Waals surface area contributed by atoms with Crippen molar-refractivity contribution in [2.75, 3.05) is 0 Å². The highest BCUT2D eigenvalue weighted by atomic mass is 19.1. The number of halogens is 1. The van der Waals surface area contributed by atoms with Crippen LogP contribution in [0.4, 0.5) is 4.39 Å². The van der Waals surface area contributed by atoms with E-state index in [0.717, 1.165) is 4.68 Å². The summed E-state index contributed by atoms with van der Waals surface area (Å²) >= 11 is 0. The summed E-state index contributed by atoms with van der Waals surface area (Å²) in [6, 6.07) is 14.5. The molecule has 2 aromatic carbocycles. The van der Waals surface area contributed by atoms with Crippen molar-refractivity contribution in [3.8, 4) is 17.3 Å². The fraction of sp³-hybridized carbons (Fsp3) is 0.0952. The van der Waals surface area contributed by atoms with E-state index < -0.39 is 11.2 Å². The zero-order valence-corrected chi connectivity index (χ0v) is 15.6. The molecular weight excluding hydrogens is 387 g/mol. The van der Waals surface area contributed by atoms with Crippen LogP contribution >= 0.6 is 0 Å². The summed E-state index contributed by atoms with van der Waals surface area (Å²) in [6.07, 6.45) is 3.25. The van der Waals surface area contributed by atoms with Gasteiger partial charge >= 0.3 is 5.69 Å². The Morgan fingerprint density at radius 3 is 2.70 bits per heavy atom. The number of aromatic amines is 1. The van der Waals surface area contributed by atoms with Crippen LogP contribution in [0, 0.1) is 17.1 Å². The van der Waals surface area contributed by atoms with E-state index in [-0.39, 0.29) is 12.2 Å². The molecule has 30 heavy (non-hydrogen) atoms. The van der Waals surface area contributed by atoms with Crippen LogP contribution < -0.4 is 11.2 Å². The summed E-state index contributed by atoms with van der Waals surface area (Å²) in [5, 5.41) is 17.6. The molecule has 148 valence electrons. The molecule has 2 heterocycles. The minimum Gasteiger partial charge on any atom is -0.305 e. The lowest BCUT2D eigenvalue weighted by molar-refractivity contribution is 0.626. The molecule has 0 aliphatic rings. The summed E-state index contributed by atoms with van der Waals surface area (Å²) in [5.74, 6) is -0.382. The molecule has 0 saturated heterocycles. The predicted octanol–water partition coefficient (Wildman–Crippen LogP) is 2.49. The van der Waals surface area contributed by atoms with Gasteiger partial charge in [0, 0.05) is 17.3 Å². The summed E-state index contributed by atoms with van der Waals surface area (Å²) in [5.41, 5.74) is 0.838. The van der Waals surface area contributed by atoms with Gasteiger partial charge in [-0.05, 0) is 36.4 Å². The summed E-state index contributed by atoms with van der Waals surface area (Å²) in [6.45, 7) is 0.356. The molecule has 4 aromatic rings. The molecule has 0 bridgehead atoms. The first-order chi connectivity index (χ1) is 14.6. The second-order valence-electron chi connectivity index (χ2n) is 6.45. The average molecular weight is 402 g/mol. The van der Waals surface area contributed by atoms with Crippen LogP contribution in [0.15, 0.2) is 69.4 Å². The lowest BCUT2D eigenvalue weighted by Crippen LogP contribution is -2.32. The number of para-hydroxylation sites is 1. The lowest BCUT2D eigenvalue weighted by atomic mass is 10.1. The van der Waals surface area contributed by atoms with E-state index in [9.17, 15) is 14.0 Å². The molecule has 0 unspecified atom stereocenters. The second-order valence-corrected chi connectivity index (χ2v) is 6.45. The molecule has 0 aliphatic carbocycles. The highest BCUT2D eigenvalue weighted by molar-refractivity contribution is 5.88. The number of nitriles is 1. The van der Waals surface area contributed by atoms with Crippen molar-refractivity contribution >= 4 is 17.1 Å². The van der Waals surface area contributed by atoms with Crippen molar-refractivity contribution in [1.29, 1.82) is 5.26 Å². The van der Waals surface area contributed by atoms with Crippen LogP contribution in [0.3, 0.4) is 0 Å². The number of rotatable bonds is 5. The number of aryl methyl sites for hydroxylation is 1. The van der Waals surface area contributed by atoms with Gasteiger partial charge in [0.1, 0.15) is 11.5 Å². The fourth-order valence-corrected chi connectivity index (χ4v) is 3.02. The molecule has 8 nitrogen and oxygen atoms in total. The number of nitrogens with zero attached hydrogens (tertiary/aromatic N) is 5. The zero-order valence-electron chi connectivity index (χ0n) is 15.6. The van der Waals surface area contributed by atoms with Gasteiger partial charge in [-0.25, -0.2) is 9.18 Å². The first kappa shape index (κ1) is 19.0. The molecule has 0 amide bonds. The molecule has 9 heteroatoms. The molecule has 0 saturated carbocycles. The largest absolute Gasteiger partial charge is 0.349 e. The summed E-state index contributed by atoms with van der Waals surface area (Å²) < 4.78 is 15.6. The smallest absolute Gasteiger partial charge is 0.305 e. The van der Waals surface area contributed by atoms with Crippen molar-refractivity contribution < 1.29 is 4.39 Å². The number of fused-ring (bicyclic) bond motifs is 1. The quantitative estimate of drug-likeness (QED) is 0.517. The van der Waals surface area contributed by atoms with E-state index in [4.69, 9.17) is 5.26 Å². The summed E-state index contributed by atoms with van der Waals surface area (Å²) in [4.78, 5) is 27.6. The van der Waals surface area contributed by atoms with Crippen LogP contribution in [0.2, 0.25) is 0 Å². The van der Waals surface area contributed by atoms with Crippen molar-refractivity contribution in [3.63, 3.8) is 0 Å². The number of H-pyrrole nitrogens is 1. The van der Waals surface area contributed by atoms with E-state index in [1.807, 2.05) is 6.07 Å². The van der Waals surface area contributed by atoms with E-state index in [0.29, 0.717) is 34.3 Å². The van der Waals surface area contributed by atoms with Crippen LogP contribution in [0.1, 0.15) is 12.0 Å². The Hall–Kier alpha value is -4.32. The molecule has 2 aromatic heterocycles. The van der Waals surface area contributed by atoms with Crippen LogP contribution in [-0.4, -0.2) is 25.7 Å². The zero-order chi connectivity index (χ0) is 21.1. The normalized spacial score (nSPS) is 11.2. The maximum absolute atomic E-state index is 13.3. The van der Waals surface area contributed by atoms with Gasteiger partial charge in [-0.1, -0.05) is 12.1 Å². The van der Waals surface area contributed by atoms with Crippen LogP contribution in [-0.2, 0) is 6.54 Å². The fourth-order valence-electron chi connectivity index (χ4n) is 3.02. The maximum Gasteiger partial charge on any atom is 0.349 e. The molecular formula is C21H15FN6O2. The lowest BCUT2D eigenvalue weighted by Gasteiger charge is -2.01. The molecule has 0 radical (unpaired) electrons. The van der Waals surface area contributed by atoms with Gasteiger partial charge in [0.05, 0.1) is 36.2 Å². The monoisotopic (exact) mass is 402 g/mol. The number of benzene rings is 2. The third-order valence-electron chi connectivity index (χ3n) is 4.46. The van der Waals surface area contributed by atoms with E-state index in [1.54, 1.807) is 47.3 Å². The number of aromatic nitrogens is 4. The molecule has 1 N–H and O–H groups in total. The molecule has 0 atom stereocenters. The van der Waals surface area contributed by atoms with Gasteiger partial charge in [-0.3, -0.25) is 9.48 Å². The molecule has 0 fully saturated rings. The molecule has 4 rings (SSSR count). The Balaban J connectivity index is 1.80. The third-order valence-corrected chi connectivity index (χ3v) is 4.46. The van der Waals surface area contributed by atoms with Crippen LogP contribution in [0.5, 0.6) is 0 Å². The SMILES string of the molecule is N#CCCn1cc(/C=N/n2c(=O)[nH]c3ccccc3c2=O)c(-c2ccc(F)cc2)n1. The van der Waals surface area contributed by atoms with Gasteiger partial charge in [0.2, 0.25) is 0 Å². The number of nitrogens with one attached hydrogen (secondary N) is 1. The second kappa shape index (κ2) is 7.97. The van der Waals surface area contributed by atoms with E-state index in [2.05, 4.69) is 15.2 Å². The van der Waals surface area contributed by atoms with E-state index in [1.165, 1.54) is 18.3 Å². The Bertz CT molecular complexity index is 1410. The third kappa shape index (κ3) is 3.66. The highest BCUT2D eigenvalue weighted by Crippen LogP contribution is 2.21. The van der Waals surface area contributed by atoms with Gasteiger partial charge in [0.25, 0.3) is 5.56 Å². The average Bonchev–Trinajstić information content (AvgIpc) is 3.15. The van der Waals surface area contributed by atoms with Crippen molar-refractivity contribution in [2.45, 2.75) is 13.0 Å². The number of hydrogen-bond acceptors (Lipinski definition) is 5. The number of hydrogen-bond donors (Lipinski definition) is 1. The van der Waals surface area contributed by atoms with Gasteiger partial charge in [-0.2, -0.15) is 15.5 Å². The first-order valence-corrected chi connectivity index (χ1v) is 9.05. The van der Waals surface area contributed by atoms with Gasteiger partial charge in [-0.15, -0.1) is 4.68 Å². The summed E-state index contributed by atoms with van der Waals surface area (Å²) in [7, 11) is 0. The Kier molecular flexibility index (Phi) is 5.05. The van der Waals surface area contributed by atoms with Gasteiger partial charge in [0.15, 0.2) is 0 Å². The topological polar surface area (TPSA) is 109 Å². The Morgan fingerprint density at radius 2 is 1.93 bits per heavy atom. The van der Waals surface area contributed by atoms with Crippen molar-refractivity contribution in [1.82, 2.24) is 19.4 Å². The Labute approximate surface area is 169 Å². The van der Waals surface area contributed by atoms with Crippen molar-refractivity contribution in [2.24, 2.45) is 5.10 Å². The van der Waals surface area contributed by atoms with Crippen molar-refractivity contribution in [3.05, 3.63) is 86.9 Å².